The van der Waals surface area contributed by atoms with Gasteiger partial charge in [-0.1, -0.05) is 13.3 Å². The number of nitrogens with one attached hydrogen (secondary N) is 1. The molecule has 1 aliphatic heterocycles. The van der Waals surface area contributed by atoms with Crippen LogP contribution in [0.2, 0.25) is 0 Å². The van der Waals surface area contributed by atoms with E-state index in [9.17, 15) is 18.0 Å². The molecule has 0 unspecified atom stereocenters. The van der Waals surface area contributed by atoms with Crippen molar-refractivity contribution >= 4 is 21.8 Å². The summed E-state index contributed by atoms with van der Waals surface area (Å²) in [6, 6.07) is 5.97. The summed E-state index contributed by atoms with van der Waals surface area (Å²) in [5.41, 5.74) is 0.448. The van der Waals surface area contributed by atoms with Gasteiger partial charge in [0.15, 0.2) is 0 Å². The molecule has 25 heavy (non-hydrogen) atoms. The van der Waals surface area contributed by atoms with Gasteiger partial charge >= 0.3 is 0 Å². The summed E-state index contributed by atoms with van der Waals surface area (Å²) in [5, 5.41) is 0. The molecule has 0 bridgehead atoms. The maximum atomic E-state index is 12.5. The molecule has 0 saturated carbocycles. The third kappa shape index (κ3) is 5.02. The molecule has 0 spiro atoms. The van der Waals surface area contributed by atoms with Crippen LogP contribution < -0.4 is 4.72 Å². The average molecular weight is 367 g/mol. The third-order valence-electron chi connectivity index (χ3n) is 4.25. The van der Waals surface area contributed by atoms with Crippen molar-refractivity contribution < 1.29 is 18.0 Å². The number of carbonyl (C=O) groups is 2. The first-order valence-electron chi connectivity index (χ1n) is 8.49. The monoisotopic (exact) mass is 367 g/mol. The van der Waals surface area contributed by atoms with Gasteiger partial charge in [-0.05, 0) is 30.7 Å². The Morgan fingerprint density at radius 3 is 2.12 bits per heavy atom. The van der Waals surface area contributed by atoms with Gasteiger partial charge in [0.1, 0.15) is 0 Å². The van der Waals surface area contributed by atoms with E-state index >= 15 is 0 Å². The highest BCUT2D eigenvalue weighted by atomic mass is 32.2. The largest absolute Gasteiger partial charge is 0.339 e. The van der Waals surface area contributed by atoms with Gasteiger partial charge in [-0.2, -0.15) is 0 Å². The van der Waals surface area contributed by atoms with Crippen LogP contribution in [0.15, 0.2) is 29.2 Å². The third-order valence-corrected chi connectivity index (χ3v) is 5.72. The van der Waals surface area contributed by atoms with E-state index in [1.807, 2.05) is 6.92 Å². The number of nitrogens with zero attached hydrogens (tertiary/aromatic N) is 2. The van der Waals surface area contributed by atoms with Crippen molar-refractivity contribution in [1.29, 1.82) is 0 Å². The first-order chi connectivity index (χ1) is 11.8. The molecular weight excluding hydrogens is 342 g/mol. The van der Waals surface area contributed by atoms with E-state index in [2.05, 4.69) is 4.72 Å². The fourth-order valence-corrected chi connectivity index (χ4v) is 3.72. The number of piperazine rings is 1. The Bertz CT molecular complexity index is 708. The van der Waals surface area contributed by atoms with Crippen molar-refractivity contribution in [3.05, 3.63) is 29.8 Å². The highest BCUT2D eigenvalue weighted by Crippen LogP contribution is 2.14. The minimum Gasteiger partial charge on any atom is -0.339 e. The first-order valence-corrected chi connectivity index (χ1v) is 9.98. The van der Waals surface area contributed by atoms with Gasteiger partial charge in [-0.25, -0.2) is 13.1 Å². The second kappa shape index (κ2) is 8.44. The molecular formula is C17H25N3O4S. The fourth-order valence-electron chi connectivity index (χ4n) is 2.65. The van der Waals surface area contributed by atoms with Crippen molar-refractivity contribution in [3.63, 3.8) is 0 Å². The van der Waals surface area contributed by atoms with Crippen LogP contribution in [-0.2, 0) is 14.8 Å². The summed E-state index contributed by atoms with van der Waals surface area (Å²) in [5.74, 6) is -0.136. The van der Waals surface area contributed by atoms with Crippen molar-refractivity contribution in [2.24, 2.45) is 0 Å². The Hall–Kier alpha value is -1.93. The van der Waals surface area contributed by atoms with Crippen molar-refractivity contribution in [2.75, 3.05) is 32.7 Å². The van der Waals surface area contributed by atoms with Gasteiger partial charge < -0.3 is 9.80 Å². The van der Waals surface area contributed by atoms with Crippen molar-refractivity contribution in [1.82, 2.24) is 14.5 Å². The smallest absolute Gasteiger partial charge is 0.253 e. The lowest BCUT2D eigenvalue weighted by atomic mass is 10.2. The number of carbonyl (C=O) groups excluding carboxylic acids is 2. The second-order valence-electron chi connectivity index (χ2n) is 6.07. The number of benzene rings is 1. The van der Waals surface area contributed by atoms with Crippen LogP contribution in [0, 0.1) is 0 Å². The molecule has 1 aromatic rings. The molecule has 1 fully saturated rings. The highest BCUT2D eigenvalue weighted by molar-refractivity contribution is 7.89. The summed E-state index contributed by atoms with van der Waals surface area (Å²) in [7, 11) is -3.54. The Labute approximate surface area is 149 Å². The lowest BCUT2D eigenvalue weighted by molar-refractivity contribution is -0.130. The Morgan fingerprint density at radius 2 is 1.60 bits per heavy atom. The molecule has 1 heterocycles. The van der Waals surface area contributed by atoms with Gasteiger partial charge in [0.25, 0.3) is 5.91 Å². The number of amides is 2. The van der Waals surface area contributed by atoms with Crippen LogP contribution >= 0.6 is 0 Å². The van der Waals surface area contributed by atoms with Gasteiger partial charge in [-0.3, -0.25) is 9.59 Å². The van der Waals surface area contributed by atoms with Gasteiger partial charge in [0.05, 0.1) is 4.90 Å². The fraction of sp³-hybridized carbons (Fsp3) is 0.529. The van der Waals surface area contributed by atoms with E-state index in [1.54, 1.807) is 9.80 Å². The summed E-state index contributed by atoms with van der Waals surface area (Å²) >= 11 is 0. The second-order valence-corrected chi connectivity index (χ2v) is 7.84. The number of hydrogen-bond donors (Lipinski definition) is 1. The maximum Gasteiger partial charge on any atom is 0.253 e. The summed E-state index contributed by atoms with van der Waals surface area (Å²) in [4.78, 5) is 27.4. The topological polar surface area (TPSA) is 86.8 Å². The van der Waals surface area contributed by atoms with Gasteiger partial charge in [0.2, 0.25) is 15.9 Å². The standard InChI is InChI=1S/C17H25N3O4S/c1-3-4-9-18-25(23,24)16-7-5-15(6-8-16)17(22)20-12-10-19(11-13-20)14(2)21/h5-8,18H,3-4,9-13H2,1-2H3. The number of sulfonamides is 1. The van der Waals surface area contributed by atoms with Crippen LogP contribution in [0.4, 0.5) is 0 Å². The molecule has 7 nitrogen and oxygen atoms in total. The molecule has 0 atom stereocenters. The van der Waals surface area contributed by atoms with E-state index in [0.29, 0.717) is 38.3 Å². The van der Waals surface area contributed by atoms with Crippen molar-refractivity contribution in [2.45, 2.75) is 31.6 Å². The minimum absolute atomic E-state index is 0.0113. The molecule has 8 heteroatoms. The van der Waals surface area contributed by atoms with E-state index in [-0.39, 0.29) is 16.7 Å². The number of rotatable bonds is 6. The van der Waals surface area contributed by atoms with Gasteiger partial charge in [0, 0.05) is 45.2 Å². The zero-order chi connectivity index (χ0) is 18.4. The molecule has 2 rings (SSSR count). The molecule has 0 aromatic heterocycles. The lowest BCUT2D eigenvalue weighted by Gasteiger charge is -2.34. The van der Waals surface area contributed by atoms with E-state index in [0.717, 1.165) is 12.8 Å². The summed E-state index contributed by atoms with van der Waals surface area (Å²) in [6.07, 6.45) is 1.69. The zero-order valence-electron chi connectivity index (χ0n) is 14.7. The van der Waals surface area contributed by atoms with Crippen molar-refractivity contribution in [3.8, 4) is 0 Å². The Balaban J connectivity index is 2.00. The lowest BCUT2D eigenvalue weighted by Crippen LogP contribution is -2.50. The number of unbranched alkanes of at least 4 members (excludes halogenated alkanes) is 1. The summed E-state index contributed by atoms with van der Waals surface area (Å²) in [6.45, 7) is 5.92. The predicted octanol–water partition coefficient (Wildman–Crippen LogP) is 1.07. The molecule has 1 saturated heterocycles. The molecule has 138 valence electrons. The minimum atomic E-state index is -3.54. The molecule has 2 amide bonds. The molecule has 1 aliphatic rings. The molecule has 1 aromatic carbocycles. The Morgan fingerprint density at radius 1 is 1.04 bits per heavy atom. The van der Waals surface area contributed by atoms with E-state index < -0.39 is 10.0 Å². The SMILES string of the molecule is CCCCNS(=O)(=O)c1ccc(C(=O)N2CCN(C(C)=O)CC2)cc1. The zero-order valence-corrected chi connectivity index (χ0v) is 15.5. The highest BCUT2D eigenvalue weighted by Gasteiger charge is 2.23. The molecule has 0 radical (unpaired) electrons. The van der Waals surface area contributed by atoms with E-state index in [1.165, 1.54) is 31.2 Å². The summed E-state index contributed by atoms with van der Waals surface area (Å²) < 4.78 is 26.8. The Kier molecular flexibility index (Phi) is 6.55. The van der Waals surface area contributed by atoms with E-state index in [4.69, 9.17) is 0 Å². The van der Waals surface area contributed by atoms with Crippen LogP contribution in [0.5, 0.6) is 0 Å². The van der Waals surface area contributed by atoms with Crippen LogP contribution in [0.1, 0.15) is 37.0 Å². The predicted molar refractivity (Wildman–Crippen MR) is 94.7 cm³/mol. The van der Waals surface area contributed by atoms with Crippen LogP contribution in [0.3, 0.4) is 0 Å². The van der Waals surface area contributed by atoms with Crippen LogP contribution in [0.25, 0.3) is 0 Å². The maximum absolute atomic E-state index is 12.5. The molecule has 1 N–H and O–H groups in total. The van der Waals surface area contributed by atoms with Gasteiger partial charge in [-0.15, -0.1) is 0 Å². The molecule has 0 aliphatic carbocycles. The number of hydrogen-bond acceptors (Lipinski definition) is 4. The first kappa shape index (κ1) is 19.4. The van der Waals surface area contributed by atoms with Crippen LogP contribution in [-0.4, -0.2) is 62.8 Å². The normalized spacial score (nSPS) is 15.3. The average Bonchev–Trinajstić information content (AvgIpc) is 2.61. The quantitative estimate of drug-likeness (QED) is 0.762.